The third kappa shape index (κ3) is 5.05. The first-order valence-electron chi connectivity index (χ1n) is 11.3. The van der Waals surface area contributed by atoms with Crippen LogP contribution in [-0.2, 0) is 20.0 Å². The molecule has 0 unspecified atom stereocenters. The van der Waals surface area contributed by atoms with Crippen LogP contribution in [0.3, 0.4) is 0 Å². The Morgan fingerprint density at radius 2 is 1.83 bits per heavy atom. The summed E-state index contributed by atoms with van der Waals surface area (Å²) in [6.45, 7) is 4.59. The van der Waals surface area contributed by atoms with E-state index in [0.717, 1.165) is 6.33 Å². The van der Waals surface area contributed by atoms with Crippen LogP contribution in [0.25, 0.3) is 0 Å². The molecule has 11 heteroatoms. The quantitative estimate of drug-likeness (QED) is 0.524. The highest BCUT2D eigenvalue weighted by Crippen LogP contribution is 2.46. The van der Waals surface area contributed by atoms with Crippen molar-refractivity contribution >= 4 is 33.0 Å². The zero-order valence-electron chi connectivity index (χ0n) is 19.8. The van der Waals surface area contributed by atoms with Gasteiger partial charge in [0.2, 0.25) is 11.8 Å². The molecule has 2 aromatic rings. The largest absolute Gasteiger partial charge is 0.471 e. The number of halogens is 2. The molecule has 35 heavy (non-hydrogen) atoms. The monoisotopic (exact) mass is 507 g/mol. The fourth-order valence-corrected chi connectivity index (χ4v) is 6.33. The van der Waals surface area contributed by atoms with E-state index in [0.29, 0.717) is 29.7 Å². The number of nitrogens with zero attached hydrogens (tertiary/aromatic N) is 3. The number of sulfone groups is 1. The Hall–Kier alpha value is -2.95. The molecular formula is C24H27F2N3O5S. The van der Waals surface area contributed by atoms with Gasteiger partial charge in [-0.2, -0.15) is 0 Å². The van der Waals surface area contributed by atoms with Gasteiger partial charge >= 0.3 is 0 Å². The molecule has 2 aliphatic heterocycles. The van der Waals surface area contributed by atoms with Gasteiger partial charge in [0.15, 0.2) is 12.4 Å². The Balaban J connectivity index is 1.61. The summed E-state index contributed by atoms with van der Waals surface area (Å²) in [4.78, 5) is 35.8. The van der Waals surface area contributed by atoms with Gasteiger partial charge in [-0.15, -0.1) is 0 Å². The van der Waals surface area contributed by atoms with E-state index in [1.807, 2.05) is 6.92 Å². The number of hydrogen-bond acceptors (Lipinski definition) is 7. The minimum Gasteiger partial charge on any atom is -0.471 e. The highest BCUT2D eigenvalue weighted by molar-refractivity contribution is 7.91. The highest BCUT2D eigenvalue weighted by Gasteiger charge is 2.46. The van der Waals surface area contributed by atoms with Crippen LogP contribution in [0.15, 0.2) is 30.6 Å². The van der Waals surface area contributed by atoms with Gasteiger partial charge in [0, 0.05) is 18.1 Å². The van der Waals surface area contributed by atoms with Crippen LogP contribution in [0.1, 0.15) is 56.0 Å². The van der Waals surface area contributed by atoms with Gasteiger partial charge in [-0.1, -0.05) is 6.92 Å². The minimum atomic E-state index is -3.04. The zero-order chi connectivity index (χ0) is 25.6. The van der Waals surface area contributed by atoms with Crippen molar-refractivity contribution in [2.24, 2.45) is 5.41 Å². The number of benzene rings is 1. The van der Waals surface area contributed by atoms with Gasteiger partial charge in [-0.25, -0.2) is 27.2 Å². The molecule has 188 valence electrons. The van der Waals surface area contributed by atoms with Gasteiger partial charge in [-0.3, -0.25) is 14.5 Å². The first kappa shape index (κ1) is 25.2. The average Bonchev–Trinajstić information content (AvgIpc) is 3.00. The summed E-state index contributed by atoms with van der Waals surface area (Å²) < 4.78 is 53.6. The van der Waals surface area contributed by atoms with E-state index in [-0.39, 0.29) is 41.3 Å². The molecule has 0 atom stereocenters. The van der Waals surface area contributed by atoms with Gasteiger partial charge in [-0.05, 0) is 55.9 Å². The Kier molecular flexibility index (Phi) is 6.41. The van der Waals surface area contributed by atoms with Crippen molar-refractivity contribution < 1.29 is 31.5 Å². The number of carbonyl (C=O) groups excluding carboxylic acids is 2. The van der Waals surface area contributed by atoms with Crippen LogP contribution in [0.2, 0.25) is 0 Å². The van der Waals surface area contributed by atoms with E-state index >= 15 is 0 Å². The number of amides is 1. The van der Waals surface area contributed by atoms with E-state index in [1.165, 1.54) is 11.0 Å². The fourth-order valence-electron chi connectivity index (χ4n) is 4.51. The highest BCUT2D eigenvalue weighted by atomic mass is 32.2. The van der Waals surface area contributed by atoms with Gasteiger partial charge < -0.3 is 4.74 Å². The van der Waals surface area contributed by atoms with Crippen molar-refractivity contribution in [3.8, 4) is 5.88 Å². The average molecular weight is 508 g/mol. The molecule has 0 radical (unpaired) electrons. The van der Waals surface area contributed by atoms with Crippen LogP contribution in [0.4, 0.5) is 20.3 Å². The van der Waals surface area contributed by atoms with Crippen molar-refractivity contribution in [2.45, 2.75) is 51.9 Å². The van der Waals surface area contributed by atoms with Crippen molar-refractivity contribution in [3.05, 3.63) is 41.7 Å². The topological polar surface area (TPSA) is 107 Å². The van der Waals surface area contributed by atoms with Crippen LogP contribution < -0.4 is 9.64 Å². The van der Waals surface area contributed by atoms with Gasteiger partial charge in [0.25, 0.3) is 6.43 Å². The molecule has 0 N–H and O–H groups in total. The Bertz CT molecular complexity index is 1270. The first-order chi connectivity index (χ1) is 16.3. The number of Topliss-reactive ketones (excluding diaryl/α,β-unsaturated/α-hetero) is 1. The molecule has 1 aromatic carbocycles. The SMILES string of the molecule is CC1(CC(=O)c2ccc3c(c2)C(C)(C)C(=O)N3c2cc(OCC(F)F)ncn2)CCS(=O)(=O)CC1. The molecule has 4 rings (SSSR count). The molecule has 0 bridgehead atoms. The molecular weight excluding hydrogens is 480 g/mol. The molecule has 3 heterocycles. The van der Waals surface area contributed by atoms with Crippen molar-refractivity contribution in [1.82, 2.24) is 9.97 Å². The maximum absolute atomic E-state index is 13.3. The van der Waals surface area contributed by atoms with Crippen LogP contribution in [-0.4, -0.2) is 54.6 Å². The van der Waals surface area contributed by atoms with E-state index < -0.39 is 33.7 Å². The fraction of sp³-hybridized carbons (Fsp3) is 0.500. The molecule has 2 aliphatic rings. The van der Waals surface area contributed by atoms with E-state index in [9.17, 15) is 26.8 Å². The van der Waals surface area contributed by atoms with E-state index in [4.69, 9.17) is 4.74 Å². The third-order valence-corrected chi connectivity index (χ3v) is 8.46. The maximum Gasteiger partial charge on any atom is 0.272 e. The molecule has 8 nitrogen and oxygen atoms in total. The third-order valence-electron chi connectivity index (χ3n) is 6.80. The predicted molar refractivity (Wildman–Crippen MR) is 125 cm³/mol. The van der Waals surface area contributed by atoms with Crippen LogP contribution in [0, 0.1) is 5.41 Å². The molecule has 0 aliphatic carbocycles. The smallest absolute Gasteiger partial charge is 0.272 e. The predicted octanol–water partition coefficient (Wildman–Crippen LogP) is 3.86. The molecule has 1 aromatic heterocycles. The summed E-state index contributed by atoms with van der Waals surface area (Å²) >= 11 is 0. The second kappa shape index (κ2) is 8.92. The lowest BCUT2D eigenvalue weighted by Crippen LogP contribution is -2.33. The minimum absolute atomic E-state index is 0.0797. The number of fused-ring (bicyclic) bond motifs is 1. The second-order valence-electron chi connectivity index (χ2n) is 9.98. The summed E-state index contributed by atoms with van der Waals surface area (Å²) in [6, 6.07) is 6.34. The van der Waals surface area contributed by atoms with Crippen molar-refractivity contribution in [1.29, 1.82) is 0 Å². The van der Waals surface area contributed by atoms with Gasteiger partial charge in [0.05, 0.1) is 22.6 Å². The van der Waals surface area contributed by atoms with E-state index in [2.05, 4.69) is 9.97 Å². The van der Waals surface area contributed by atoms with E-state index in [1.54, 1.807) is 32.0 Å². The normalized spacial score (nSPS) is 20.1. The van der Waals surface area contributed by atoms with Crippen molar-refractivity contribution in [2.75, 3.05) is 23.0 Å². The molecule has 0 spiro atoms. The number of rotatable bonds is 7. The van der Waals surface area contributed by atoms with Crippen LogP contribution in [0.5, 0.6) is 5.88 Å². The molecule has 0 saturated carbocycles. The number of ether oxygens (including phenoxy) is 1. The standard InChI is InChI=1S/C24H27F2N3O5S/c1-23(2)16-10-15(18(30)12-24(3)6-8-35(32,33)9-7-24)4-5-17(16)29(22(23)31)20-11-21(28-14-27-20)34-13-19(25)26/h4-5,10-11,14,19H,6-9,12-13H2,1-3H3. The zero-order valence-corrected chi connectivity index (χ0v) is 20.6. The summed E-state index contributed by atoms with van der Waals surface area (Å²) in [7, 11) is -3.04. The lowest BCUT2D eigenvalue weighted by Gasteiger charge is -2.32. The lowest BCUT2D eigenvalue weighted by molar-refractivity contribution is -0.121. The maximum atomic E-state index is 13.3. The number of carbonyl (C=O) groups is 2. The Labute approximate surface area is 202 Å². The Morgan fingerprint density at radius 3 is 2.49 bits per heavy atom. The summed E-state index contributed by atoms with van der Waals surface area (Å²) in [5.74, 6) is -0.139. The first-order valence-corrected chi connectivity index (χ1v) is 13.1. The second-order valence-corrected chi connectivity index (χ2v) is 12.3. The summed E-state index contributed by atoms with van der Waals surface area (Å²) in [5.41, 5.74) is 0.255. The lowest BCUT2D eigenvalue weighted by atomic mass is 9.78. The van der Waals surface area contributed by atoms with Gasteiger partial charge in [0.1, 0.15) is 22.0 Å². The van der Waals surface area contributed by atoms with Crippen LogP contribution >= 0.6 is 0 Å². The van der Waals surface area contributed by atoms with Crippen molar-refractivity contribution in [3.63, 3.8) is 0 Å². The molecule has 1 amide bonds. The summed E-state index contributed by atoms with van der Waals surface area (Å²) in [6.07, 6.45) is -0.438. The molecule has 1 fully saturated rings. The number of ketones is 1. The number of alkyl halides is 2. The number of anilines is 2. The molecule has 1 saturated heterocycles. The summed E-state index contributed by atoms with van der Waals surface area (Å²) in [5, 5.41) is 0. The number of hydrogen-bond donors (Lipinski definition) is 0. The Morgan fingerprint density at radius 1 is 1.14 bits per heavy atom. The number of aromatic nitrogens is 2.